The minimum Gasteiger partial charge on any atom is -0.369 e. The summed E-state index contributed by atoms with van der Waals surface area (Å²) < 4.78 is 0. The van der Waals surface area contributed by atoms with Crippen molar-refractivity contribution in [3.05, 3.63) is 0 Å². The lowest BCUT2D eigenvalue weighted by Crippen LogP contribution is -2.60. The Hall–Kier alpha value is -2.28. The lowest BCUT2D eigenvalue weighted by atomic mass is 9.86. The van der Waals surface area contributed by atoms with Crippen molar-refractivity contribution in [2.24, 2.45) is 39.5 Å². The molecule has 0 aliphatic carbocycles. The monoisotopic (exact) mass is 388 g/mol. The van der Waals surface area contributed by atoms with Gasteiger partial charge in [0.2, 0.25) is 23.6 Å². The van der Waals surface area contributed by atoms with Gasteiger partial charge in [0, 0.05) is 46.2 Å². The lowest BCUT2D eigenvalue weighted by Gasteiger charge is -2.31. The molecule has 0 bridgehead atoms. The minimum absolute atomic E-state index is 0.0688. The third-order valence-electron chi connectivity index (χ3n) is 4.58. The molecule has 0 saturated heterocycles. The molecule has 12 nitrogen and oxygen atoms in total. The Morgan fingerprint density at radius 2 is 1.30 bits per heavy atom. The molecule has 0 saturated carbocycles. The van der Waals surface area contributed by atoms with Crippen LogP contribution >= 0.6 is 0 Å². The maximum atomic E-state index is 12.6. The molecule has 0 rings (SSSR count). The van der Waals surface area contributed by atoms with E-state index in [1.807, 2.05) is 0 Å². The van der Waals surface area contributed by atoms with Crippen molar-refractivity contribution in [2.75, 3.05) is 39.3 Å². The second-order valence-corrected chi connectivity index (χ2v) is 6.56. The van der Waals surface area contributed by atoms with Crippen molar-refractivity contribution < 1.29 is 19.2 Å². The Morgan fingerprint density at radius 3 is 1.67 bits per heavy atom. The van der Waals surface area contributed by atoms with Crippen LogP contribution in [-0.4, -0.2) is 68.9 Å². The van der Waals surface area contributed by atoms with Crippen molar-refractivity contribution in [1.29, 1.82) is 0 Å². The van der Waals surface area contributed by atoms with Crippen molar-refractivity contribution in [3.8, 4) is 0 Å². The first-order valence-electron chi connectivity index (χ1n) is 8.47. The second kappa shape index (κ2) is 10.8. The number of hydrogen-bond donors (Lipinski definition) is 8. The van der Waals surface area contributed by atoms with E-state index >= 15 is 0 Å². The third kappa shape index (κ3) is 6.43. The summed E-state index contributed by atoms with van der Waals surface area (Å²) in [6.07, 6.45) is 0. The largest absolute Gasteiger partial charge is 0.369 e. The zero-order valence-corrected chi connectivity index (χ0v) is 15.8. The molecule has 0 fully saturated rings. The molecular formula is C15H32N8O4. The van der Waals surface area contributed by atoms with Gasteiger partial charge >= 0.3 is 0 Å². The van der Waals surface area contributed by atoms with Gasteiger partial charge in [0.05, 0.1) is 10.8 Å². The molecule has 0 aliphatic rings. The van der Waals surface area contributed by atoms with Gasteiger partial charge in [-0.3, -0.25) is 19.2 Å². The van der Waals surface area contributed by atoms with Crippen LogP contribution < -0.4 is 44.6 Å². The van der Waals surface area contributed by atoms with Crippen molar-refractivity contribution >= 4 is 23.6 Å². The fraction of sp³-hybridized carbons (Fsp3) is 0.733. The molecule has 0 aromatic heterocycles. The quantitative estimate of drug-likeness (QED) is 0.161. The predicted octanol–water partition coefficient (Wildman–Crippen LogP) is -4.96. The molecule has 0 aliphatic heterocycles. The summed E-state index contributed by atoms with van der Waals surface area (Å²) in [7, 11) is 0. The standard InChI is InChI=1S/C15H32N8O4/c1-9(11(25)22-7-14(3-16,4-17)12(20)26)23-13(27)15(5-18,6-19)8-21-10(2)24/h9H,3-8,16-19H2,1-2H3,(H2,20,26)(H,21,24)(H,22,25)(H,23,27)/t9-/m0/s1. The van der Waals surface area contributed by atoms with Gasteiger partial charge in [-0.1, -0.05) is 0 Å². The number of amides is 4. The van der Waals surface area contributed by atoms with Gasteiger partial charge in [0.15, 0.2) is 0 Å². The van der Waals surface area contributed by atoms with E-state index in [1.165, 1.54) is 13.8 Å². The van der Waals surface area contributed by atoms with E-state index in [9.17, 15) is 19.2 Å². The van der Waals surface area contributed by atoms with Crippen LogP contribution in [0.25, 0.3) is 0 Å². The molecule has 0 aromatic rings. The topological polar surface area (TPSA) is 234 Å². The van der Waals surface area contributed by atoms with E-state index in [0.29, 0.717) is 0 Å². The van der Waals surface area contributed by atoms with Crippen LogP contribution in [0.4, 0.5) is 0 Å². The molecule has 1 atom stereocenters. The van der Waals surface area contributed by atoms with Gasteiger partial charge in [-0.15, -0.1) is 0 Å². The van der Waals surface area contributed by atoms with Crippen molar-refractivity contribution in [2.45, 2.75) is 19.9 Å². The zero-order chi connectivity index (χ0) is 21.3. The molecule has 27 heavy (non-hydrogen) atoms. The second-order valence-electron chi connectivity index (χ2n) is 6.56. The van der Waals surface area contributed by atoms with Crippen molar-refractivity contribution in [3.63, 3.8) is 0 Å². The van der Waals surface area contributed by atoms with Gasteiger partial charge in [0.25, 0.3) is 0 Å². The van der Waals surface area contributed by atoms with Crippen LogP contribution in [0.2, 0.25) is 0 Å². The number of hydrogen-bond acceptors (Lipinski definition) is 8. The van der Waals surface area contributed by atoms with Gasteiger partial charge in [-0.2, -0.15) is 0 Å². The van der Waals surface area contributed by atoms with Crippen LogP contribution in [0.3, 0.4) is 0 Å². The minimum atomic E-state index is -1.27. The summed E-state index contributed by atoms with van der Waals surface area (Å²) in [6, 6.07) is -0.964. The molecule has 0 spiro atoms. The summed E-state index contributed by atoms with van der Waals surface area (Å²) >= 11 is 0. The lowest BCUT2D eigenvalue weighted by molar-refractivity contribution is -0.135. The summed E-state index contributed by atoms with van der Waals surface area (Å²) in [5, 5.41) is 7.51. The normalized spacial score (nSPS) is 12.8. The molecular weight excluding hydrogens is 356 g/mol. The van der Waals surface area contributed by atoms with E-state index in [2.05, 4.69) is 16.0 Å². The average Bonchev–Trinajstić information content (AvgIpc) is 2.63. The molecule has 0 radical (unpaired) electrons. The van der Waals surface area contributed by atoms with Crippen molar-refractivity contribution in [1.82, 2.24) is 16.0 Å². The summed E-state index contributed by atoms with van der Waals surface area (Å²) in [4.78, 5) is 47.5. The fourth-order valence-corrected chi connectivity index (χ4v) is 2.13. The smallest absolute Gasteiger partial charge is 0.242 e. The Morgan fingerprint density at radius 1 is 0.852 bits per heavy atom. The maximum Gasteiger partial charge on any atom is 0.242 e. The third-order valence-corrected chi connectivity index (χ3v) is 4.58. The predicted molar refractivity (Wildman–Crippen MR) is 99.6 cm³/mol. The molecule has 13 N–H and O–H groups in total. The number of nitrogens with one attached hydrogen (secondary N) is 3. The Balaban J connectivity index is 5.00. The van der Waals surface area contributed by atoms with Crippen LogP contribution in [-0.2, 0) is 19.2 Å². The van der Waals surface area contributed by atoms with Crippen LogP contribution in [0.5, 0.6) is 0 Å². The van der Waals surface area contributed by atoms with Gasteiger partial charge in [-0.05, 0) is 6.92 Å². The van der Waals surface area contributed by atoms with E-state index in [1.54, 1.807) is 0 Å². The molecule has 0 aromatic carbocycles. The first kappa shape index (κ1) is 24.7. The number of nitrogens with two attached hydrogens (primary N) is 5. The zero-order valence-electron chi connectivity index (χ0n) is 15.8. The Bertz CT molecular complexity index is 546. The first-order valence-corrected chi connectivity index (χ1v) is 8.47. The molecule has 12 heteroatoms. The molecule has 0 heterocycles. The highest BCUT2D eigenvalue weighted by Crippen LogP contribution is 2.14. The van der Waals surface area contributed by atoms with Crippen LogP contribution in [0.15, 0.2) is 0 Å². The van der Waals surface area contributed by atoms with E-state index in [4.69, 9.17) is 28.7 Å². The number of carbonyl (C=O) groups is 4. The molecule has 4 amide bonds. The number of carbonyl (C=O) groups excluding carboxylic acids is 4. The summed E-state index contributed by atoms with van der Waals surface area (Å²) in [5.74, 6) is -2.22. The fourth-order valence-electron chi connectivity index (χ4n) is 2.13. The summed E-state index contributed by atoms with van der Waals surface area (Å²) in [6.45, 7) is 1.97. The van der Waals surface area contributed by atoms with E-state index in [0.717, 1.165) is 0 Å². The SMILES string of the molecule is CC(=O)NCC(CN)(CN)C(=O)N[C@@H](C)C(=O)NCC(CN)(CN)C(N)=O. The first-order chi connectivity index (χ1) is 12.5. The Labute approximate surface area is 158 Å². The van der Waals surface area contributed by atoms with Crippen LogP contribution in [0, 0.1) is 10.8 Å². The molecule has 0 unspecified atom stereocenters. The molecule has 156 valence electrons. The van der Waals surface area contributed by atoms with Gasteiger partial charge < -0.3 is 44.6 Å². The average molecular weight is 388 g/mol. The number of rotatable bonds is 12. The van der Waals surface area contributed by atoms with E-state index < -0.39 is 34.6 Å². The summed E-state index contributed by atoms with van der Waals surface area (Å²) in [5.41, 5.74) is 25.2. The van der Waals surface area contributed by atoms with Gasteiger partial charge in [0.1, 0.15) is 6.04 Å². The number of primary amides is 1. The Kier molecular flexibility index (Phi) is 9.86. The van der Waals surface area contributed by atoms with E-state index in [-0.39, 0.29) is 45.2 Å². The maximum absolute atomic E-state index is 12.6. The highest BCUT2D eigenvalue weighted by atomic mass is 16.2. The van der Waals surface area contributed by atoms with Crippen LogP contribution in [0.1, 0.15) is 13.8 Å². The highest BCUT2D eigenvalue weighted by Gasteiger charge is 2.38. The highest BCUT2D eigenvalue weighted by molar-refractivity contribution is 5.91. The van der Waals surface area contributed by atoms with Gasteiger partial charge in [-0.25, -0.2) is 0 Å².